The van der Waals surface area contributed by atoms with Gasteiger partial charge in [0.05, 0.1) is 12.1 Å². The predicted molar refractivity (Wildman–Crippen MR) is 86.3 cm³/mol. The van der Waals surface area contributed by atoms with Gasteiger partial charge >= 0.3 is 0 Å². The van der Waals surface area contributed by atoms with Crippen LogP contribution in [0.15, 0.2) is 0 Å². The summed E-state index contributed by atoms with van der Waals surface area (Å²) in [5.74, 6) is -1.20. The largest absolute Gasteiger partial charge is 0.345 e. The van der Waals surface area contributed by atoms with Crippen molar-refractivity contribution in [1.82, 2.24) is 16.0 Å². The van der Waals surface area contributed by atoms with Gasteiger partial charge in [-0.15, -0.1) is 0 Å². The number of rotatable bonds is 9. The first kappa shape index (κ1) is 21.0. The van der Waals surface area contributed by atoms with Crippen LogP contribution in [0.1, 0.15) is 41.0 Å². The molecule has 0 heterocycles. The summed E-state index contributed by atoms with van der Waals surface area (Å²) in [4.78, 5) is 46.4. The average molecular weight is 328 g/mol. The van der Waals surface area contributed by atoms with E-state index in [-0.39, 0.29) is 5.92 Å². The van der Waals surface area contributed by atoms with Gasteiger partial charge in [-0.3, -0.25) is 14.4 Å². The first-order chi connectivity index (χ1) is 10.6. The van der Waals surface area contributed by atoms with E-state index in [2.05, 4.69) is 16.0 Å². The van der Waals surface area contributed by atoms with Crippen molar-refractivity contribution in [2.45, 2.75) is 65.2 Å². The number of hydrogen-bond acceptors (Lipinski definition) is 5. The molecule has 8 nitrogen and oxygen atoms in total. The topological polar surface area (TPSA) is 130 Å². The summed E-state index contributed by atoms with van der Waals surface area (Å²) in [5.41, 5.74) is 5.49. The normalized spacial score (nSPS) is 16.0. The smallest absolute Gasteiger partial charge is 0.243 e. The van der Waals surface area contributed by atoms with Crippen molar-refractivity contribution in [2.75, 3.05) is 0 Å². The van der Waals surface area contributed by atoms with E-state index in [1.54, 1.807) is 0 Å². The fourth-order valence-corrected chi connectivity index (χ4v) is 1.77. The lowest BCUT2D eigenvalue weighted by Gasteiger charge is -2.23. The van der Waals surface area contributed by atoms with Crippen molar-refractivity contribution in [2.24, 2.45) is 11.7 Å². The molecule has 0 rings (SSSR count). The molecule has 0 fully saturated rings. The van der Waals surface area contributed by atoms with E-state index in [1.165, 1.54) is 20.8 Å². The van der Waals surface area contributed by atoms with Crippen molar-refractivity contribution in [3.63, 3.8) is 0 Å². The highest BCUT2D eigenvalue weighted by Gasteiger charge is 2.26. The summed E-state index contributed by atoms with van der Waals surface area (Å²) in [7, 11) is 0. The molecule has 23 heavy (non-hydrogen) atoms. The van der Waals surface area contributed by atoms with E-state index < -0.39 is 41.9 Å². The molecule has 132 valence electrons. The van der Waals surface area contributed by atoms with Crippen LogP contribution in [0.3, 0.4) is 0 Å². The predicted octanol–water partition coefficient (Wildman–Crippen LogP) is -0.927. The van der Waals surface area contributed by atoms with Crippen LogP contribution >= 0.6 is 0 Å². The lowest BCUT2D eigenvalue weighted by molar-refractivity contribution is -0.132. The fraction of sp³-hybridized carbons (Fsp3) is 0.733. The third kappa shape index (κ3) is 8.29. The molecule has 0 bridgehead atoms. The third-order valence-electron chi connectivity index (χ3n) is 3.08. The summed E-state index contributed by atoms with van der Waals surface area (Å²) in [6, 6.07) is -2.96. The van der Waals surface area contributed by atoms with Crippen LogP contribution in [0, 0.1) is 5.92 Å². The Hall–Kier alpha value is -1.96. The summed E-state index contributed by atoms with van der Waals surface area (Å²) >= 11 is 0. The van der Waals surface area contributed by atoms with Gasteiger partial charge in [0.1, 0.15) is 18.4 Å². The van der Waals surface area contributed by atoms with E-state index in [0.29, 0.717) is 12.7 Å². The molecule has 0 saturated heterocycles. The summed E-state index contributed by atoms with van der Waals surface area (Å²) in [5, 5.41) is 7.56. The Labute approximate surface area is 136 Å². The maximum atomic E-state index is 12.3. The van der Waals surface area contributed by atoms with Crippen molar-refractivity contribution in [1.29, 1.82) is 0 Å². The van der Waals surface area contributed by atoms with Crippen LogP contribution in [0.4, 0.5) is 0 Å². The molecule has 0 radical (unpaired) electrons. The Morgan fingerprint density at radius 2 is 1.48 bits per heavy atom. The highest BCUT2D eigenvalue weighted by Crippen LogP contribution is 2.06. The number of carbonyl (C=O) groups is 4. The van der Waals surface area contributed by atoms with E-state index >= 15 is 0 Å². The second-order valence-corrected chi connectivity index (χ2v) is 6.14. The number of nitrogens with two attached hydrogens (primary N) is 1. The zero-order chi connectivity index (χ0) is 18.2. The summed E-state index contributed by atoms with van der Waals surface area (Å²) < 4.78 is 0. The number of amides is 3. The molecule has 0 unspecified atom stereocenters. The molecule has 0 aliphatic carbocycles. The molecule has 0 aromatic heterocycles. The monoisotopic (exact) mass is 328 g/mol. The van der Waals surface area contributed by atoms with Gasteiger partial charge in [-0.2, -0.15) is 0 Å². The number of carbonyl (C=O) groups excluding carboxylic acids is 4. The minimum Gasteiger partial charge on any atom is -0.345 e. The van der Waals surface area contributed by atoms with E-state index in [0.717, 1.165) is 0 Å². The molecular formula is C15H28N4O4. The van der Waals surface area contributed by atoms with E-state index in [9.17, 15) is 19.2 Å². The van der Waals surface area contributed by atoms with E-state index in [4.69, 9.17) is 5.73 Å². The summed E-state index contributed by atoms with van der Waals surface area (Å²) in [6.07, 6.45) is 1.01. The van der Waals surface area contributed by atoms with Crippen molar-refractivity contribution < 1.29 is 19.2 Å². The van der Waals surface area contributed by atoms with Gasteiger partial charge in [0.25, 0.3) is 0 Å². The molecule has 4 atom stereocenters. The van der Waals surface area contributed by atoms with Crippen molar-refractivity contribution in [3.8, 4) is 0 Å². The van der Waals surface area contributed by atoms with Crippen LogP contribution in [-0.2, 0) is 19.2 Å². The molecule has 0 aromatic carbocycles. The van der Waals surface area contributed by atoms with Gasteiger partial charge in [-0.05, 0) is 33.1 Å². The maximum absolute atomic E-state index is 12.3. The van der Waals surface area contributed by atoms with Crippen LogP contribution in [0.25, 0.3) is 0 Å². The molecule has 0 saturated carbocycles. The first-order valence-corrected chi connectivity index (χ1v) is 7.70. The molecular weight excluding hydrogens is 300 g/mol. The van der Waals surface area contributed by atoms with Crippen LogP contribution in [-0.4, -0.2) is 48.2 Å². The zero-order valence-electron chi connectivity index (χ0n) is 14.4. The quantitative estimate of drug-likeness (QED) is 0.406. The Kier molecular flexibility index (Phi) is 9.09. The Morgan fingerprint density at radius 3 is 1.91 bits per heavy atom. The SMILES string of the molecule is CC(C)C[C@H](NC(=O)[C@H](C)N)C(=O)N[C@@H](C)C(=O)N[C@@H](C)C=O. The second-order valence-electron chi connectivity index (χ2n) is 6.14. The van der Waals surface area contributed by atoms with Gasteiger partial charge in [0.2, 0.25) is 17.7 Å². The molecule has 0 aliphatic heterocycles. The zero-order valence-corrected chi connectivity index (χ0v) is 14.4. The number of aldehydes is 1. The number of nitrogens with one attached hydrogen (secondary N) is 3. The minimum absolute atomic E-state index is 0.165. The maximum Gasteiger partial charge on any atom is 0.243 e. The minimum atomic E-state index is -0.827. The molecule has 0 spiro atoms. The molecule has 8 heteroatoms. The Morgan fingerprint density at radius 1 is 0.913 bits per heavy atom. The highest BCUT2D eigenvalue weighted by molar-refractivity contribution is 5.93. The summed E-state index contributed by atoms with van der Waals surface area (Å²) in [6.45, 7) is 8.39. The van der Waals surface area contributed by atoms with Crippen LogP contribution in [0.5, 0.6) is 0 Å². The molecule has 0 aromatic rings. The standard InChI is InChI=1S/C15H28N4O4/c1-8(2)6-12(19-13(21)10(4)16)15(23)18-11(5)14(22)17-9(3)7-20/h7-12H,6,16H2,1-5H3,(H,17,22)(H,18,23)(H,19,21)/t9-,10-,11-,12-/m0/s1. The first-order valence-electron chi connectivity index (χ1n) is 7.70. The van der Waals surface area contributed by atoms with Gasteiger partial charge in [0.15, 0.2) is 0 Å². The molecule has 5 N–H and O–H groups in total. The highest BCUT2D eigenvalue weighted by atomic mass is 16.2. The fourth-order valence-electron chi connectivity index (χ4n) is 1.77. The van der Waals surface area contributed by atoms with Gasteiger partial charge in [0, 0.05) is 0 Å². The second kappa shape index (κ2) is 9.94. The lowest BCUT2D eigenvalue weighted by Crippen LogP contribution is -2.55. The van der Waals surface area contributed by atoms with Gasteiger partial charge < -0.3 is 26.5 Å². The molecule has 3 amide bonds. The van der Waals surface area contributed by atoms with Gasteiger partial charge in [-0.1, -0.05) is 13.8 Å². The third-order valence-corrected chi connectivity index (χ3v) is 3.08. The molecule has 0 aliphatic rings. The van der Waals surface area contributed by atoms with Gasteiger partial charge in [-0.25, -0.2) is 0 Å². The van der Waals surface area contributed by atoms with Crippen LogP contribution < -0.4 is 21.7 Å². The van der Waals surface area contributed by atoms with Crippen molar-refractivity contribution in [3.05, 3.63) is 0 Å². The number of hydrogen-bond donors (Lipinski definition) is 4. The lowest BCUT2D eigenvalue weighted by atomic mass is 10.0. The van der Waals surface area contributed by atoms with E-state index in [1.807, 2.05) is 13.8 Å². The Bertz CT molecular complexity index is 437. The van der Waals surface area contributed by atoms with Crippen molar-refractivity contribution >= 4 is 24.0 Å². The Balaban J connectivity index is 4.78. The van der Waals surface area contributed by atoms with Crippen LogP contribution in [0.2, 0.25) is 0 Å². The average Bonchev–Trinajstić information content (AvgIpc) is 2.45.